The minimum absolute atomic E-state index is 0.0914. The zero-order valence-corrected chi connectivity index (χ0v) is 8.01. The van der Waals surface area contributed by atoms with E-state index in [1.807, 2.05) is 4.90 Å². The molecule has 0 aromatic heterocycles. The summed E-state index contributed by atoms with van der Waals surface area (Å²) in [6.45, 7) is 1.80. The van der Waals surface area contributed by atoms with Crippen LogP contribution < -0.4 is 5.48 Å². The smallest absolute Gasteiger partial charge is 0.322 e. The van der Waals surface area contributed by atoms with Gasteiger partial charge in [-0.3, -0.25) is 4.84 Å². The first kappa shape index (κ1) is 8.81. The molecular formula is C9H16N2O2. The molecule has 2 rings (SSSR count). The fourth-order valence-corrected chi connectivity index (χ4v) is 2.35. The van der Waals surface area contributed by atoms with Crippen molar-refractivity contribution in [3.8, 4) is 0 Å². The second kappa shape index (κ2) is 3.18. The molecule has 0 atom stereocenters. The van der Waals surface area contributed by atoms with Crippen LogP contribution in [0.25, 0.3) is 0 Å². The van der Waals surface area contributed by atoms with Crippen LogP contribution >= 0.6 is 0 Å². The maximum absolute atomic E-state index is 11.4. The number of carbonyl (C=O) groups excluding carboxylic acids is 1. The summed E-state index contributed by atoms with van der Waals surface area (Å²) in [6, 6.07) is -0.0914. The maximum Gasteiger partial charge on any atom is 0.341 e. The molecule has 1 aliphatic heterocycles. The van der Waals surface area contributed by atoms with Crippen LogP contribution in [0, 0.1) is 5.41 Å². The second-order valence-corrected chi connectivity index (χ2v) is 4.14. The fourth-order valence-electron chi connectivity index (χ4n) is 2.35. The van der Waals surface area contributed by atoms with Gasteiger partial charge in [-0.25, -0.2) is 10.3 Å². The standard InChI is InChI=1S/C9H16N2O2/c1-13-10-8(12)11-6-5-9(7-11)3-2-4-9/h2-7H2,1H3,(H,10,12). The molecule has 1 spiro atoms. The molecule has 2 fully saturated rings. The molecule has 0 unspecified atom stereocenters. The molecule has 4 nitrogen and oxygen atoms in total. The Morgan fingerprint density at radius 2 is 2.23 bits per heavy atom. The van der Waals surface area contributed by atoms with Crippen LogP contribution in [0.15, 0.2) is 0 Å². The molecule has 0 aromatic carbocycles. The molecule has 4 heteroatoms. The number of urea groups is 1. The number of amides is 2. The van der Waals surface area contributed by atoms with Crippen molar-refractivity contribution in [2.24, 2.45) is 5.41 Å². The van der Waals surface area contributed by atoms with Crippen molar-refractivity contribution in [2.45, 2.75) is 25.7 Å². The van der Waals surface area contributed by atoms with Crippen LogP contribution in [-0.4, -0.2) is 31.1 Å². The van der Waals surface area contributed by atoms with Gasteiger partial charge in [0.2, 0.25) is 0 Å². The third-order valence-electron chi connectivity index (χ3n) is 3.33. The van der Waals surface area contributed by atoms with Gasteiger partial charge in [-0.05, 0) is 24.7 Å². The van der Waals surface area contributed by atoms with Crippen molar-refractivity contribution in [3.05, 3.63) is 0 Å². The van der Waals surface area contributed by atoms with E-state index < -0.39 is 0 Å². The quantitative estimate of drug-likeness (QED) is 0.621. The molecule has 74 valence electrons. The lowest BCUT2D eigenvalue weighted by atomic mass is 9.68. The lowest BCUT2D eigenvalue weighted by molar-refractivity contribution is 0.0833. The van der Waals surface area contributed by atoms with Crippen molar-refractivity contribution in [1.82, 2.24) is 10.4 Å². The van der Waals surface area contributed by atoms with E-state index in [-0.39, 0.29) is 6.03 Å². The van der Waals surface area contributed by atoms with E-state index in [9.17, 15) is 4.79 Å². The minimum Gasteiger partial charge on any atom is -0.322 e. The number of hydrogen-bond donors (Lipinski definition) is 1. The largest absolute Gasteiger partial charge is 0.341 e. The van der Waals surface area contributed by atoms with Crippen molar-refractivity contribution in [3.63, 3.8) is 0 Å². The molecule has 1 aliphatic carbocycles. The van der Waals surface area contributed by atoms with Gasteiger partial charge in [-0.1, -0.05) is 6.42 Å². The minimum atomic E-state index is -0.0914. The van der Waals surface area contributed by atoms with E-state index in [1.54, 1.807) is 0 Å². The highest BCUT2D eigenvalue weighted by molar-refractivity contribution is 5.73. The summed E-state index contributed by atoms with van der Waals surface area (Å²) in [5, 5.41) is 0. The van der Waals surface area contributed by atoms with Crippen LogP contribution in [0.1, 0.15) is 25.7 Å². The summed E-state index contributed by atoms with van der Waals surface area (Å²) in [6.07, 6.45) is 5.09. The highest BCUT2D eigenvalue weighted by Crippen LogP contribution is 2.47. The summed E-state index contributed by atoms with van der Waals surface area (Å²) in [7, 11) is 1.47. The van der Waals surface area contributed by atoms with E-state index in [4.69, 9.17) is 0 Å². The number of hydrogen-bond acceptors (Lipinski definition) is 2. The van der Waals surface area contributed by atoms with Crippen LogP contribution in [-0.2, 0) is 4.84 Å². The SMILES string of the molecule is CONC(=O)N1CCC2(CCC2)C1. The predicted octanol–water partition coefficient (Wildman–Crippen LogP) is 1.13. The van der Waals surface area contributed by atoms with Gasteiger partial charge < -0.3 is 4.90 Å². The van der Waals surface area contributed by atoms with E-state index in [1.165, 1.54) is 32.8 Å². The maximum atomic E-state index is 11.4. The average Bonchev–Trinajstić information content (AvgIpc) is 2.47. The summed E-state index contributed by atoms with van der Waals surface area (Å²) in [4.78, 5) is 17.8. The van der Waals surface area contributed by atoms with E-state index >= 15 is 0 Å². The number of nitrogens with one attached hydrogen (secondary N) is 1. The van der Waals surface area contributed by atoms with Crippen molar-refractivity contribution in [1.29, 1.82) is 0 Å². The summed E-state index contributed by atoms with van der Waals surface area (Å²) < 4.78 is 0. The Balaban J connectivity index is 1.87. The normalized spacial score (nSPS) is 24.5. The topological polar surface area (TPSA) is 41.6 Å². The summed E-state index contributed by atoms with van der Waals surface area (Å²) in [5.41, 5.74) is 2.84. The molecule has 0 bridgehead atoms. The lowest BCUT2D eigenvalue weighted by Gasteiger charge is -2.37. The number of carbonyl (C=O) groups is 1. The van der Waals surface area contributed by atoms with Crippen LogP contribution in [0.5, 0.6) is 0 Å². The van der Waals surface area contributed by atoms with E-state index in [2.05, 4.69) is 10.3 Å². The first-order valence-corrected chi connectivity index (χ1v) is 4.84. The number of likely N-dealkylation sites (tertiary alicyclic amines) is 1. The van der Waals surface area contributed by atoms with Crippen molar-refractivity contribution in [2.75, 3.05) is 20.2 Å². The molecule has 13 heavy (non-hydrogen) atoms. The number of rotatable bonds is 1. The number of hydroxylamine groups is 1. The van der Waals surface area contributed by atoms with E-state index in [0.29, 0.717) is 5.41 Å². The third kappa shape index (κ3) is 1.50. The summed E-state index contributed by atoms with van der Waals surface area (Å²) >= 11 is 0. The second-order valence-electron chi connectivity index (χ2n) is 4.14. The van der Waals surface area contributed by atoms with Gasteiger partial charge in [0.15, 0.2) is 0 Å². The van der Waals surface area contributed by atoms with Crippen molar-refractivity contribution >= 4 is 6.03 Å². The van der Waals surface area contributed by atoms with Gasteiger partial charge in [0, 0.05) is 13.1 Å². The van der Waals surface area contributed by atoms with E-state index in [0.717, 1.165) is 13.1 Å². The molecular weight excluding hydrogens is 168 g/mol. The van der Waals surface area contributed by atoms with Gasteiger partial charge in [-0.15, -0.1) is 0 Å². The van der Waals surface area contributed by atoms with Gasteiger partial charge in [0.05, 0.1) is 7.11 Å². The Kier molecular flexibility index (Phi) is 2.15. The molecule has 2 amide bonds. The fraction of sp³-hybridized carbons (Fsp3) is 0.889. The van der Waals surface area contributed by atoms with Crippen LogP contribution in [0.2, 0.25) is 0 Å². The first-order chi connectivity index (χ1) is 6.26. The first-order valence-electron chi connectivity index (χ1n) is 4.84. The zero-order valence-electron chi connectivity index (χ0n) is 8.01. The molecule has 0 radical (unpaired) electrons. The Morgan fingerprint density at radius 1 is 1.46 bits per heavy atom. The van der Waals surface area contributed by atoms with Gasteiger partial charge in [0.25, 0.3) is 0 Å². The van der Waals surface area contributed by atoms with Gasteiger partial charge in [0.1, 0.15) is 0 Å². The molecule has 1 N–H and O–H groups in total. The Labute approximate surface area is 78.2 Å². The number of nitrogens with zero attached hydrogens (tertiary/aromatic N) is 1. The highest BCUT2D eigenvalue weighted by Gasteiger charge is 2.44. The monoisotopic (exact) mass is 184 g/mol. The molecule has 0 aromatic rings. The average molecular weight is 184 g/mol. The molecule has 1 heterocycles. The van der Waals surface area contributed by atoms with Gasteiger partial charge in [-0.2, -0.15) is 0 Å². The Bertz CT molecular complexity index is 214. The lowest BCUT2D eigenvalue weighted by Crippen LogP contribution is -2.40. The molecule has 2 aliphatic rings. The predicted molar refractivity (Wildman–Crippen MR) is 48.0 cm³/mol. The highest BCUT2D eigenvalue weighted by atomic mass is 16.6. The Morgan fingerprint density at radius 3 is 2.69 bits per heavy atom. The Hall–Kier alpha value is -0.770. The van der Waals surface area contributed by atoms with Crippen molar-refractivity contribution < 1.29 is 9.63 Å². The van der Waals surface area contributed by atoms with Crippen LogP contribution in [0.4, 0.5) is 4.79 Å². The van der Waals surface area contributed by atoms with Crippen LogP contribution in [0.3, 0.4) is 0 Å². The third-order valence-corrected chi connectivity index (χ3v) is 3.33. The molecule has 1 saturated carbocycles. The molecule has 1 saturated heterocycles. The summed E-state index contributed by atoms with van der Waals surface area (Å²) in [5.74, 6) is 0. The van der Waals surface area contributed by atoms with Gasteiger partial charge >= 0.3 is 6.03 Å². The zero-order chi connectivity index (χ0) is 9.31.